The average Bonchev–Trinajstić information content (AvgIpc) is 3.07. The molecule has 2 aromatic carbocycles. The topological polar surface area (TPSA) is 48.8 Å². The van der Waals surface area contributed by atoms with Crippen LogP contribution in [0.15, 0.2) is 60.1 Å². The lowest BCUT2D eigenvalue weighted by Gasteiger charge is -2.26. The highest BCUT2D eigenvalue weighted by Gasteiger charge is 2.23. The average molecular weight is 477 g/mol. The molecule has 0 unspecified atom stereocenters. The van der Waals surface area contributed by atoms with Crippen LogP contribution >= 0.6 is 11.3 Å². The van der Waals surface area contributed by atoms with Gasteiger partial charge in [-0.25, -0.2) is 14.4 Å². The first-order valence-electron chi connectivity index (χ1n) is 11.4. The molecule has 2 heterocycles. The third-order valence-corrected chi connectivity index (χ3v) is 7.04. The minimum Gasteiger partial charge on any atom is -0.350 e. The van der Waals surface area contributed by atoms with Crippen molar-refractivity contribution < 1.29 is 9.18 Å². The van der Waals surface area contributed by atoms with Crippen molar-refractivity contribution in [3.8, 4) is 0 Å². The van der Waals surface area contributed by atoms with Gasteiger partial charge in [0.2, 0.25) is 5.91 Å². The van der Waals surface area contributed by atoms with Gasteiger partial charge in [0.05, 0.1) is 22.9 Å². The van der Waals surface area contributed by atoms with Crippen molar-refractivity contribution in [2.75, 3.05) is 26.7 Å². The summed E-state index contributed by atoms with van der Waals surface area (Å²) < 4.78 is 14.0. The van der Waals surface area contributed by atoms with Crippen molar-refractivity contribution in [1.29, 1.82) is 0 Å². The molecule has 7 heteroatoms. The highest BCUT2D eigenvalue weighted by molar-refractivity contribution is 7.11. The van der Waals surface area contributed by atoms with E-state index in [4.69, 9.17) is 4.99 Å². The maximum atomic E-state index is 14.0. The lowest BCUT2D eigenvalue weighted by Crippen LogP contribution is -2.42. The molecule has 0 aliphatic carbocycles. The second-order valence-electron chi connectivity index (χ2n) is 8.55. The summed E-state index contributed by atoms with van der Waals surface area (Å²) in [4.78, 5) is 27.7. The third kappa shape index (κ3) is 5.42. The van der Waals surface area contributed by atoms with Crippen molar-refractivity contribution >= 4 is 28.8 Å². The Hall–Kier alpha value is -3.32. The molecular weight excluding hydrogens is 447 g/mol. The number of halogens is 1. The molecule has 1 aliphatic rings. The van der Waals surface area contributed by atoms with Crippen LogP contribution in [0.1, 0.15) is 32.3 Å². The zero-order valence-corrected chi connectivity index (χ0v) is 20.7. The quantitative estimate of drug-likeness (QED) is 0.390. The number of rotatable bonds is 5. The van der Waals surface area contributed by atoms with E-state index >= 15 is 0 Å². The van der Waals surface area contributed by atoms with Gasteiger partial charge in [0.1, 0.15) is 11.7 Å². The van der Waals surface area contributed by atoms with Gasteiger partial charge in [-0.15, -0.1) is 11.3 Å². The van der Waals surface area contributed by atoms with Crippen LogP contribution < -0.4 is 0 Å². The number of amidine groups is 1. The highest BCUT2D eigenvalue weighted by Crippen LogP contribution is 2.23. The maximum absolute atomic E-state index is 14.0. The summed E-state index contributed by atoms with van der Waals surface area (Å²) in [6.45, 7) is 9.38. The second-order valence-corrected chi connectivity index (χ2v) is 9.84. The Morgan fingerprint density at radius 1 is 1.15 bits per heavy atom. The highest BCUT2D eigenvalue weighted by atomic mass is 32.1. The van der Waals surface area contributed by atoms with Gasteiger partial charge in [-0.1, -0.05) is 36.9 Å². The lowest BCUT2D eigenvalue weighted by atomic mass is 10.1. The summed E-state index contributed by atoms with van der Waals surface area (Å²) in [5.41, 5.74) is 3.85. The Bertz CT molecular complexity index is 1210. The van der Waals surface area contributed by atoms with E-state index in [2.05, 4.69) is 11.6 Å². The molecule has 0 spiro atoms. The molecular formula is C27H29FN4OS. The normalized spacial score (nSPS) is 13.9. The van der Waals surface area contributed by atoms with E-state index in [-0.39, 0.29) is 18.3 Å². The van der Waals surface area contributed by atoms with E-state index in [0.29, 0.717) is 30.2 Å². The fourth-order valence-electron chi connectivity index (χ4n) is 4.10. The number of aryl methyl sites for hydroxylation is 2. The summed E-state index contributed by atoms with van der Waals surface area (Å²) >= 11 is 1.72. The van der Waals surface area contributed by atoms with Crippen LogP contribution in [0.25, 0.3) is 5.70 Å². The smallest absolute Gasteiger partial charge is 0.242 e. The predicted octanol–water partition coefficient (Wildman–Crippen LogP) is 4.88. The van der Waals surface area contributed by atoms with E-state index in [0.717, 1.165) is 34.7 Å². The van der Waals surface area contributed by atoms with Crippen LogP contribution in [0.3, 0.4) is 0 Å². The van der Waals surface area contributed by atoms with E-state index < -0.39 is 0 Å². The number of hydrogen-bond acceptors (Lipinski definition) is 4. The molecule has 0 radical (unpaired) electrons. The number of amides is 1. The Labute approximate surface area is 204 Å². The largest absolute Gasteiger partial charge is 0.350 e. The van der Waals surface area contributed by atoms with Gasteiger partial charge in [-0.2, -0.15) is 0 Å². The fourth-order valence-corrected chi connectivity index (χ4v) is 5.07. The monoisotopic (exact) mass is 476 g/mol. The zero-order valence-electron chi connectivity index (χ0n) is 19.8. The van der Waals surface area contributed by atoms with Crippen LogP contribution in [-0.4, -0.2) is 53.2 Å². The molecule has 0 atom stereocenters. The van der Waals surface area contributed by atoms with Gasteiger partial charge < -0.3 is 9.80 Å². The summed E-state index contributed by atoms with van der Waals surface area (Å²) in [5, 5.41) is 1.08. The third-order valence-electron chi connectivity index (χ3n) is 5.96. The van der Waals surface area contributed by atoms with Crippen molar-refractivity contribution in [3.63, 3.8) is 0 Å². The minimum atomic E-state index is -0.274. The first kappa shape index (κ1) is 23.8. The minimum absolute atomic E-state index is 0.0335. The lowest BCUT2D eigenvalue weighted by molar-refractivity contribution is -0.131. The van der Waals surface area contributed by atoms with Crippen molar-refractivity contribution in [2.24, 2.45) is 4.99 Å². The SMILES string of the molecule is C=C(N=C(c1ccc(F)c(C)c1)N(C)CC(=O)N1CCc2nc(C)sc2CC1)c1ccccc1. The Morgan fingerprint density at radius 2 is 1.88 bits per heavy atom. The molecule has 34 heavy (non-hydrogen) atoms. The molecule has 1 aliphatic heterocycles. The zero-order chi connectivity index (χ0) is 24.2. The summed E-state index contributed by atoms with van der Waals surface area (Å²) in [6.07, 6.45) is 1.61. The molecule has 0 fully saturated rings. The molecule has 176 valence electrons. The van der Waals surface area contributed by atoms with Gasteiger partial charge in [0.15, 0.2) is 0 Å². The number of hydrogen-bond donors (Lipinski definition) is 0. The van der Waals surface area contributed by atoms with E-state index in [1.165, 1.54) is 10.9 Å². The molecule has 0 N–H and O–H groups in total. The summed E-state index contributed by atoms with van der Waals surface area (Å²) in [6, 6.07) is 14.6. The number of aromatic nitrogens is 1. The number of aliphatic imine (C=N–C) groups is 1. The van der Waals surface area contributed by atoms with E-state index in [9.17, 15) is 9.18 Å². The van der Waals surface area contributed by atoms with Crippen LogP contribution in [0, 0.1) is 19.7 Å². The van der Waals surface area contributed by atoms with Gasteiger partial charge in [0.25, 0.3) is 0 Å². The molecule has 4 rings (SSSR count). The molecule has 3 aromatic rings. The molecule has 0 bridgehead atoms. The Balaban J connectivity index is 1.55. The fraction of sp³-hybridized carbons (Fsp3) is 0.296. The van der Waals surface area contributed by atoms with Crippen LogP contribution in [0.5, 0.6) is 0 Å². The Kier molecular flexibility index (Phi) is 7.22. The molecule has 1 aromatic heterocycles. The van der Waals surface area contributed by atoms with E-state index in [1.807, 2.05) is 54.1 Å². The standard InChI is InChI=1S/C27H29FN4OS/c1-18-16-22(10-11-23(18)28)27(29-19(2)21-8-6-5-7-9-21)31(4)17-26(33)32-14-12-24-25(13-15-32)34-20(3)30-24/h5-11,16H,2,12-15,17H2,1,3-4H3. The number of thiazole rings is 1. The second kappa shape index (κ2) is 10.3. The predicted molar refractivity (Wildman–Crippen MR) is 137 cm³/mol. The van der Waals surface area contributed by atoms with Gasteiger partial charge in [-0.3, -0.25) is 4.79 Å². The van der Waals surface area contributed by atoms with Gasteiger partial charge in [-0.05, 0) is 43.2 Å². The number of benzene rings is 2. The summed E-state index contributed by atoms with van der Waals surface area (Å²) in [5.74, 6) is 0.340. The number of carbonyl (C=O) groups is 1. The number of carbonyl (C=O) groups excluding carboxylic acids is 1. The van der Waals surface area contributed by atoms with Gasteiger partial charge >= 0.3 is 0 Å². The first-order valence-corrected chi connectivity index (χ1v) is 12.2. The number of nitrogens with zero attached hydrogens (tertiary/aromatic N) is 4. The first-order chi connectivity index (χ1) is 16.3. The van der Waals surface area contributed by atoms with Crippen molar-refractivity contribution in [3.05, 3.63) is 93.2 Å². The Morgan fingerprint density at radius 3 is 2.62 bits per heavy atom. The van der Waals surface area contributed by atoms with Crippen LogP contribution in [-0.2, 0) is 17.6 Å². The van der Waals surface area contributed by atoms with Gasteiger partial charge in [0, 0.05) is 43.4 Å². The van der Waals surface area contributed by atoms with Crippen molar-refractivity contribution in [2.45, 2.75) is 26.7 Å². The number of fused-ring (bicyclic) bond motifs is 1. The van der Waals surface area contributed by atoms with Crippen molar-refractivity contribution in [1.82, 2.24) is 14.8 Å². The van der Waals surface area contributed by atoms with E-state index in [1.54, 1.807) is 30.4 Å². The number of likely N-dealkylation sites (N-methyl/N-ethyl adjacent to an activating group) is 1. The molecule has 1 amide bonds. The molecule has 0 saturated carbocycles. The molecule has 5 nitrogen and oxygen atoms in total. The van der Waals surface area contributed by atoms with Crippen LogP contribution in [0.2, 0.25) is 0 Å². The maximum Gasteiger partial charge on any atom is 0.242 e. The summed E-state index contributed by atoms with van der Waals surface area (Å²) in [7, 11) is 1.84. The molecule has 0 saturated heterocycles. The van der Waals surface area contributed by atoms with Crippen LogP contribution in [0.4, 0.5) is 4.39 Å².